The number of hydrogen-bond acceptors (Lipinski definition) is 6. The number of nitrogens with one attached hydrogen (secondary N) is 1. The molecule has 1 N–H and O–H groups in total. The standard InChI is InChI=1S/C19H23ClFN5O2S.ClH/c1-11-14(8-9-25(4)5)12(2)26-19(23-11)17(18(22-3)24-26)29(27,28)13-6-7-16(21)15(20)10-13;/h6-7,10H,8-9H2,1-5H3,(H,22,24);1H. The molecule has 0 saturated heterocycles. The molecule has 0 aliphatic heterocycles. The molecule has 2 heterocycles. The summed E-state index contributed by atoms with van der Waals surface area (Å²) in [7, 11) is 1.52. The van der Waals surface area contributed by atoms with Gasteiger partial charge in [-0.3, -0.25) is 0 Å². The molecule has 0 radical (unpaired) electrons. The number of likely N-dealkylation sites (N-methyl/N-ethyl adjacent to an activating group) is 1. The first-order valence-electron chi connectivity index (χ1n) is 8.99. The minimum atomic E-state index is -4.04. The van der Waals surface area contributed by atoms with E-state index in [1.807, 2.05) is 27.9 Å². The summed E-state index contributed by atoms with van der Waals surface area (Å²) in [6, 6.07) is 3.31. The SMILES string of the molecule is CNc1nn2c(C)c(CCN(C)C)c(C)nc2c1S(=O)(=O)c1ccc(F)c(Cl)c1.Cl. The Kier molecular flexibility index (Phi) is 7.34. The van der Waals surface area contributed by atoms with Gasteiger partial charge in [-0.05, 0) is 58.1 Å². The second-order valence-electron chi connectivity index (χ2n) is 7.06. The first-order valence-corrected chi connectivity index (χ1v) is 10.9. The highest BCUT2D eigenvalue weighted by molar-refractivity contribution is 7.91. The molecule has 0 fully saturated rings. The van der Waals surface area contributed by atoms with Crippen molar-refractivity contribution in [3.05, 3.63) is 46.0 Å². The predicted octanol–water partition coefficient (Wildman–Crippen LogP) is 3.54. The molecule has 30 heavy (non-hydrogen) atoms. The fraction of sp³-hybridized carbons (Fsp3) is 0.368. The van der Waals surface area contributed by atoms with Crippen molar-refractivity contribution in [1.82, 2.24) is 19.5 Å². The maximum atomic E-state index is 13.5. The Morgan fingerprint density at radius 2 is 1.93 bits per heavy atom. The summed E-state index contributed by atoms with van der Waals surface area (Å²) in [6.07, 6.45) is 0.762. The average Bonchev–Trinajstić information content (AvgIpc) is 3.02. The Labute approximate surface area is 186 Å². The number of rotatable bonds is 6. The lowest BCUT2D eigenvalue weighted by molar-refractivity contribution is 0.412. The molecule has 0 unspecified atom stereocenters. The molecule has 7 nitrogen and oxygen atoms in total. The minimum absolute atomic E-state index is 0. The minimum Gasteiger partial charge on any atom is -0.370 e. The van der Waals surface area contributed by atoms with Crippen LogP contribution < -0.4 is 5.32 Å². The van der Waals surface area contributed by atoms with Crippen molar-refractivity contribution in [2.75, 3.05) is 33.0 Å². The van der Waals surface area contributed by atoms with Crippen LogP contribution in [0.1, 0.15) is 17.0 Å². The van der Waals surface area contributed by atoms with Gasteiger partial charge in [0.1, 0.15) is 5.82 Å². The molecule has 11 heteroatoms. The van der Waals surface area contributed by atoms with E-state index in [4.69, 9.17) is 11.6 Å². The number of anilines is 1. The van der Waals surface area contributed by atoms with Gasteiger partial charge in [0.15, 0.2) is 16.4 Å². The van der Waals surface area contributed by atoms with Crippen LogP contribution in [0.5, 0.6) is 0 Å². The third kappa shape index (κ3) is 4.25. The van der Waals surface area contributed by atoms with Crippen molar-refractivity contribution in [3.8, 4) is 0 Å². The van der Waals surface area contributed by atoms with Crippen LogP contribution in [0.25, 0.3) is 5.65 Å². The summed E-state index contributed by atoms with van der Waals surface area (Å²) in [5.74, 6) is -0.514. The van der Waals surface area contributed by atoms with E-state index in [-0.39, 0.29) is 38.7 Å². The van der Waals surface area contributed by atoms with Gasteiger partial charge in [-0.15, -0.1) is 17.5 Å². The highest BCUT2D eigenvalue weighted by atomic mass is 35.5. The predicted molar refractivity (Wildman–Crippen MR) is 118 cm³/mol. The fourth-order valence-electron chi connectivity index (χ4n) is 3.21. The van der Waals surface area contributed by atoms with E-state index in [1.54, 1.807) is 11.6 Å². The molecule has 1 aromatic carbocycles. The quantitative estimate of drug-likeness (QED) is 0.549. The maximum absolute atomic E-state index is 13.5. The Balaban J connectivity index is 0.00000320. The number of hydrogen-bond donors (Lipinski definition) is 1. The van der Waals surface area contributed by atoms with Gasteiger partial charge >= 0.3 is 0 Å². The van der Waals surface area contributed by atoms with E-state index in [0.29, 0.717) is 0 Å². The van der Waals surface area contributed by atoms with E-state index >= 15 is 0 Å². The Morgan fingerprint density at radius 3 is 2.50 bits per heavy atom. The van der Waals surface area contributed by atoms with Crippen molar-refractivity contribution >= 4 is 45.3 Å². The van der Waals surface area contributed by atoms with Crippen LogP contribution >= 0.6 is 24.0 Å². The van der Waals surface area contributed by atoms with Gasteiger partial charge in [-0.1, -0.05) is 11.6 Å². The molecule has 3 rings (SSSR count). The molecule has 0 bridgehead atoms. The highest BCUT2D eigenvalue weighted by Crippen LogP contribution is 2.33. The van der Waals surface area contributed by atoms with Gasteiger partial charge in [0.25, 0.3) is 0 Å². The number of halogens is 3. The van der Waals surface area contributed by atoms with Gasteiger partial charge in [0.2, 0.25) is 9.84 Å². The van der Waals surface area contributed by atoms with Gasteiger partial charge < -0.3 is 10.2 Å². The molecule has 2 aromatic heterocycles. The van der Waals surface area contributed by atoms with Gasteiger partial charge in [0.05, 0.1) is 9.92 Å². The summed E-state index contributed by atoms with van der Waals surface area (Å²) in [6.45, 7) is 4.58. The zero-order chi connectivity index (χ0) is 21.5. The Morgan fingerprint density at radius 1 is 1.27 bits per heavy atom. The van der Waals surface area contributed by atoms with Crippen LogP contribution in [0.2, 0.25) is 5.02 Å². The summed E-state index contributed by atoms with van der Waals surface area (Å²) in [5.41, 5.74) is 2.81. The monoisotopic (exact) mass is 475 g/mol. The number of benzene rings is 1. The van der Waals surface area contributed by atoms with E-state index in [0.717, 1.165) is 42.0 Å². The molecule has 0 saturated carbocycles. The van der Waals surface area contributed by atoms with Crippen LogP contribution in [0.15, 0.2) is 28.0 Å². The van der Waals surface area contributed by atoms with Crippen LogP contribution in [-0.4, -0.2) is 55.6 Å². The number of fused-ring (bicyclic) bond motifs is 1. The van der Waals surface area contributed by atoms with E-state index in [2.05, 4.69) is 20.3 Å². The third-order valence-corrected chi connectivity index (χ3v) is 6.88. The largest absolute Gasteiger partial charge is 0.370 e. The Bertz CT molecular complexity index is 1200. The summed E-state index contributed by atoms with van der Waals surface area (Å²) >= 11 is 5.81. The number of aryl methyl sites for hydroxylation is 2. The van der Waals surface area contributed by atoms with Crippen LogP contribution in [0.3, 0.4) is 0 Å². The van der Waals surface area contributed by atoms with E-state index in [9.17, 15) is 12.8 Å². The molecule has 0 aliphatic carbocycles. The Hall–Kier alpha value is -1.94. The molecule has 164 valence electrons. The van der Waals surface area contributed by atoms with E-state index in [1.165, 1.54) is 6.07 Å². The summed E-state index contributed by atoms with van der Waals surface area (Å²) < 4.78 is 41.8. The van der Waals surface area contributed by atoms with Crippen LogP contribution in [-0.2, 0) is 16.3 Å². The lowest BCUT2D eigenvalue weighted by Crippen LogP contribution is -2.17. The van der Waals surface area contributed by atoms with Gasteiger partial charge in [0, 0.05) is 25.0 Å². The van der Waals surface area contributed by atoms with Crippen molar-refractivity contribution in [2.24, 2.45) is 0 Å². The summed E-state index contributed by atoms with van der Waals surface area (Å²) in [4.78, 5) is 6.46. The second kappa shape index (κ2) is 9.05. The average molecular weight is 476 g/mol. The highest BCUT2D eigenvalue weighted by Gasteiger charge is 2.30. The third-order valence-electron chi connectivity index (χ3n) is 4.80. The lowest BCUT2D eigenvalue weighted by Gasteiger charge is -2.14. The van der Waals surface area contributed by atoms with Crippen molar-refractivity contribution in [2.45, 2.75) is 30.1 Å². The molecule has 0 atom stereocenters. The number of nitrogens with zero attached hydrogens (tertiary/aromatic N) is 4. The smallest absolute Gasteiger partial charge is 0.214 e. The first-order chi connectivity index (χ1) is 13.6. The van der Waals surface area contributed by atoms with Gasteiger partial charge in [-0.2, -0.15) is 0 Å². The van der Waals surface area contributed by atoms with Crippen LogP contribution in [0, 0.1) is 19.7 Å². The molecule has 0 spiro atoms. The first kappa shape index (κ1) is 24.3. The van der Waals surface area contributed by atoms with Crippen molar-refractivity contribution in [3.63, 3.8) is 0 Å². The topological polar surface area (TPSA) is 79.6 Å². The van der Waals surface area contributed by atoms with Gasteiger partial charge in [-0.25, -0.2) is 22.3 Å². The molecular weight excluding hydrogens is 452 g/mol. The fourth-order valence-corrected chi connectivity index (χ4v) is 4.98. The molecule has 0 aliphatic rings. The zero-order valence-electron chi connectivity index (χ0n) is 17.3. The number of aromatic nitrogens is 3. The van der Waals surface area contributed by atoms with E-state index < -0.39 is 15.7 Å². The van der Waals surface area contributed by atoms with Crippen molar-refractivity contribution in [1.29, 1.82) is 0 Å². The van der Waals surface area contributed by atoms with Crippen LogP contribution in [0.4, 0.5) is 10.2 Å². The molecule has 0 amide bonds. The normalized spacial score (nSPS) is 11.7. The molecular formula is C19H24Cl2FN5O2S. The lowest BCUT2D eigenvalue weighted by atomic mass is 10.1. The molecule has 3 aromatic rings. The zero-order valence-corrected chi connectivity index (χ0v) is 19.7. The maximum Gasteiger partial charge on any atom is 0.214 e. The second-order valence-corrected chi connectivity index (χ2v) is 9.35. The summed E-state index contributed by atoms with van der Waals surface area (Å²) in [5, 5.41) is 7.01. The van der Waals surface area contributed by atoms with Crippen molar-refractivity contribution < 1.29 is 12.8 Å². The number of sulfone groups is 1.